The van der Waals surface area contributed by atoms with Crippen LogP contribution in [0.3, 0.4) is 0 Å². The molecular formula is C11H18O3. The summed E-state index contributed by atoms with van der Waals surface area (Å²) in [6.07, 6.45) is 4.95. The van der Waals surface area contributed by atoms with E-state index in [1.165, 1.54) is 13.0 Å². The highest BCUT2D eigenvalue weighted by atomic mass is 16.5. The summed E-state index contributed by atoms with van der Waals surface area (Å²) in [6.45, 7) is 13.2. The molecule has 0 saturated carbocycles. The molecule has 0 aromatic carbocycles. The summed E-state index contributed by atoms with van der Waals surface area (Å²) in [5.74, 6) is -0.264. The molecule has 0 aliphatic rings. The van der Waals surface area contributed by atoms with Gasteiger partial charge in [-0.05, 0) is 0 Å². The van der Waals surface area contributed by atoms with Crippen molar-refractivity contribution >= 4 is 5.97 Å². The summed E-state index contributed by atoms with van der Waals surface area (Å²) in [4.78, 5) is 9.93. The number of hydrogen-bond donors (Lipinski definition) is 0. The predicted octanol–water partition coefficient (Wildman–Crippen LogP) is 2.11. The normalized spacial score (nSPS) is 7.79. The molecule has 80 valence electrons. The van der Waals surface area contributed by atoms with Crippen molar-refractivity contribution in [1.82, 2.24) is 0 Å². The fourth-order valence-corrected chi connectivity index (χ4v) is 0.411. The van der Waals surface area contributed by atoms with Crippen molar-refractivity contribution in [3.05, 3.63) is 38.0 Å². The van der Waals surface area contributed by atoms with Crippen molar-refractivity contribution in [2.75, 3.05) is 19.8 Å². The van der Waals surface area contributed by atoms with E-state index in [2.05, 4.69) is 24.5 Å². The Morgan fingerprint density at radius 2 is 1.50 bits per heavy atom. The van der Waals surface area contributed by atoms with Crippen molar-refractivity contribution in [1.29, 1.82) is 0 Å². The average Bonchev–Trinajstić information content (AvgIpc) is 2.16. The molecular weight excluding hydrogens is 180 g/mol. The first kappa shape index (κ1) is 15.1. The molecule has 3 nitrogen and oxygen atoms in total. The number of esters is 1. The van der Waals surface area contributed by atoms with Gasteiger partial charge >= 0.3 is 5.97 Å². The summed E-state index contributed by atoms with van der Waals surface area (Å²) in [7, 11) is 0. The zero-order chi connectivity index (χ0) is 11.2. The van der Waals surface area contributed by atoms with Crippen LogP contribution in [0.2, 0.25) is 0 Å². The molecule has 0 N–H and O–H groups in total. The van der Waals surface area contributed by atoms with Crippen LogP contribution in [-0.4, -0.2) is 25.8 Å². The van der Waals surface area contributed by atoms with E-state index >= 15 is 0 Å². The Bertz CT molecular complexity index is 165. The Hall–Kier alpha value is -1.35. The molecule has 0 aromatic heterocycles. The quantitative estimate of drug-likeness (QED) is 0.372. The van der Waals surface area contributed by atoms with Gasteiger partial charge in [0.1, 0.15) is 6.61 Å². The van der Waals surface area contributed by atoms with Gasteiger partial charge in [0.05, 0.1) is 13.2 Å². The molecule has 0 spiro atoms. The molecule has 0 aliphatic carbocycles. The maximum absolute atomic E-state index is 9.93. The smallest absolute Gasteiger partial charge is 0.302 e. The van der Waals surface area contributed by atoms with Gasteiger partial charge in [-0.25, -0.2) is 0 Å². The minimum Gasteiger partial charge on any atom is -0.462 e. The van der Waals surface area contributed by atoms with Crippen LogP contribution in [0, 0.1) is 0 Å². The zero-order valence-corrected chi connectivity index (χ0v) is 8.70. The lowest BCUT2D eigenvalue weighted by molar-refractivity contribution is -0.139. The number of carbonyl (C=O) groups is 1. The van der Waals surface area contributed by atoms with E-state index < -0.39 is 0 Å². The van der Waals surface area contributed by atoms with Crippen LogP contribution in [0.1, 0.15) is 6.92 Å². The monoisotopic (exact) mass is 198 g/mol. The second-order valence-electron chi connectivity index (χ2n) is 2.21. The SMILES string of the molecule is C=CCOC(C)=O.C=CCOCC=C. The standard InChI is InChI=1S/C6H10O.C5H8O2/c1-3-5-7-6-4-2;1-3-4-7-5(2)6/h3-4H,1-2,5-6H2;3H,1,4H2,2H3. The minimum absolute atomic E-state index is 0.264. The van der Waals surface area contributed by atoms with E-state index in [4.69, 9.17) is 4.74 Å². The van der Waals surface area contributed by atoms with Gasteiger partial charge in [-0.15, -0.1) is 13.2 Å². The first-order valence-electron chi connectivity index (χ1n) is 4.22. The molecule has 0 heterocycles. The Balaban J connectivity index is 0. The van der Waals surface area contributed by atoms with Crippen molar-refractivity contribution < 1.29 is 14.3 Å². The minimum atomic E-state index is -0.264. The topological polar surface area (TPSA) is 35.5 Å². The number of ether oxygens (including phenoxy) is 2. The fraction of sp³-hybridized carbons (Fsp3) is 0.364. The highest BCUT2D eigenvalue weighted by molar-refractivity contribution is 5.65. The van der Waals surface area contributed by atoms with Gasteiger partial charge in [-0.3, -0.25) is 4.79 Å². The highest BCUT2D eigenvalue weighted by Crippen LogP contribution is 1.73. The fourth-order valence-electron chi connectivity index (χ4n) is 0.411. The van der Waals surface area contributed by atoms with Gasteiger partial charge in [0, 0.05) is 6.92 Å². The van der Waals surface area contributed by atoms with Gasteiger partial charge in [0.15, 0.2) is 0 Å². The number of hydrogen-bond acceptors (Lipinski definition) is 3. The summed E-state index contributed by atoms with van der Waals surface area (Å²) in [6, 6.07) is 0. The molecule has 0 unspecified atom stereocenters. The van der Waals surface area contributed by atoms with E-state index in [1.807, 2.05) is 0 Å². The molecule has 0 atom stereocenters. The number of rotatable bonds is 6. The Morgan fingerprint density at radius 3 is 1.71 bits per heavy atom. The van der Waals surface area contributed by atoms with E-state index in [0.29, 0.717) is 19.8 Å². The van der Waals surface area contributed by atoms with Crippen LogP contribution in [-0.2, 0) is 14.3 Å². The maximum Gasteiger partial charge on any atom is 0.302 e. The lowest BCUT2D eigenvalue weighted by atomic mass is 10.6. The summed E-state index contributed by atoms with van der Waals surface area (Å²) in [5, 5.41) is 0. The first-order chi connectivity index (χ1) is 6.68. The molecule has 0 rings (SSSR count). The summed E-state index contributed by atoms with van der Waals surface area (Å²) < 4.78 is 9.33. The van der Waals surface area contributed by atoms with Crippen LogP contribution < -0.4 is 0 Å². The Kier molecular flexibility index (Phi) is 15.3. The maximum atomic E-state index is 9.93. The third-order valence-corrected chi connectivity index (χ3v) is 0.876. The Labute approximate surface area is 85.7 Å². The third kappa shape index (κ3) is 22.4. The third-order valence-electron chi connectivity index (χ3n) is 0.876. The van der Waals surface area contributed by atoms with Crippen LogP contribution in [0.25, 0.3) is 0 Å². The lowest BCUT2D eigenvalue weighted by Crippen LogP contribution is -1.96. The number of carbonyl (C=O) groups excluding carboxylic acids is 1. The highest BCUT2D eigenvalue weighted by Gasteiger charge is 1.83. The van der Waals surface area contributed by atoms with Crippen LogP contribution >= 0.6 is 0 Å². The van der Waals surface area contributed by atoms with E-state index in [-0.39, 0.29) is 5.97 Å². The summed E-state index contributed by atoms with van der Waals surface area (Å²) in [5.41, 5.74) is 0. The largest absolute Gasteiger partial charge is 0.462 e. The lowest BCUT2D eigenvalue weighted by Gasteiger charge is -1.90. The van der Waals surface area contributed by atoms with Crippen molar-refractivity contribution in [3.63, 3.8) is 0 Å². The predicted molar refractivity (Wildman–Crippen MR) is 58.0 cm³/mol. The molecule has 14 heavy (non-hydrogen) atoms. The van der Waals surface area contributed by atoms with Crippen molar-refractivity contribution in [3.8, 4) is 0 Å². The van der Waals surface area contributed by atoms with Crippen LogP contribution in [0.15, 0.2) is 38.0 Å². The first-order valence-corrected chi connectivity index (χ1v) is 4.22. The second kappa shape index (κ2) is 14.2. The van der Waals surface area contributed by atoms with E-state index in [0.717, 1.165) is 0 Å². The molecule has 0 fully saturated rings. The van der Waals surface area contributed by atoms with Crippen LogP contribution in [0.5, 0.6) is 0 Å². The molecule has 3 heteroatoms. The molecule has 0 bridgehead atoms. The average molecular weight is 198 g/mol. The molecule has 0 radical (unpaired) electrons. The van der Waals surface area contributed by atoms with Gasteiger partial charge < -0.3 is 9.47 Å². The van der Waals surface area contributed by atoms with Gasteiger partial charge in [-0.2, -0.15) is 0 Å². The zero-order valence-electron chi connectivity index (χ0n) is 8.70. The van der Waals surface area contributed by atoms with Gasteiger partial charge in [0.2, 0.25) is 0 Å². The summed E-state index contributed by atoms with van der Waals surface area (Å²) >= 11 is 0. The molecule has 0 aliphatic heterocycles. The molecule has 0 aromatic rings. The van der Waals surface area contributed by atoms with Crippen molar-refractivity contribution in [2.24, 2.45) is 0 Å². The van der Waals surface area contributed by atoms with Crippen LogP contribution in [0.4, 0.5) is 0 Å². The van der Waals surface area contributed by atoms with E-state index in [1.54, 1.807) is 12.2 Å². The molecule has 0 amide bonds. The van der Waals surface area contributed by atoms with Crippen molar-refractivity contribution in [2.45, 2.75) is 6.92 Å². The van der Waals surface area contributed by atoms with E-state index in [9.17, 15) is 4.79 Å². The van der Waals surface area contributed by atoms with Gasteiger partial charge in [-0.1, -0.05) is 24.8 Å². The second-order valence-corrected chi connectivity index (χ2v) is 2.21. The Morgan fingerprint density at radius 1 is 1.07 bits per heavy atom. The van der Waals surface area contributed by atoms with Gasteiger partial charge in [0.25, 0.3) is 0 Å². The molecule has 0 saturated heterocycles.